The highest BCUT2D eigenvalue weighted by atomic mass is 127. The second-order valence-electron chi connectivity index (χ2n) is 3.63. The number of anilines is 1. The number of nitrogens with one attached hydrogen (secondary N) is 1. The van der Waals surface area contributed by atoms with Gasteiger partial charge in [0.2, 0.25) is 0 Å². The number of benzene rings is 1. The Hall–Kier alpha value is -1.37. The molecule has 0 spiro atoms. The van der Waals surface area contributed by atoms with Gasteiger partial charge in [-0.25, -0.2) is 0 Å². The molecule has 4 nitrogen and oxygen atoms in total. The van der Waals surface area contributed by atoms with E-state index in [1.165, 1.54) is 0 Å². The van der Waals surface area contributed by atoms with Crippen LogP contribution in [-0.4, -0.2) is 14.2 Å². The molecule has 1 aromatic carbocycles. The molecule has 1 N–H and O–H groups in total. The van der Waals surface area contributed by atoms with Gasteiger partial charge in [0.1, 0.15) is 17.3 Å². The molecular formula is C13H14INO3. The number of rotatable bonds is 5. The van der Waals surface area contributed by atoms with Crippen LogP contribution in [0.25, 0.3) is 0 Å². The monoisotopic (exact) mass is 359 g/mol. The molecule has 0 radical (unpaired) electrons. The molecule has 0 aliphatic carbocycles. The second-order valence-corrected chi connectivity index (χ2v) is 4.69. The van der Waals surface area contributed by atoms with Crippen molar-refractivity contribution in [2.75, 3.05) is 19.5 Å². The van der Waals surface area contributed by atoms with Crippen LogP contribution in [0.5, 0.6) is 11.5 Å². The Labute approximate surface area is 119 Å². The van der Waals surface area contributed by atoms with Gasteiger partial charge in [0, 0.05) is 6.07 Å². The number of hydrogen-bond donors (Lipinski definition) is 1. The van der Waals surface area contributed by atoms with Crippen LogP contribution in [-0.2, 0) is 6.54 Å². The molecule has 2 rings (SSSR count). The summed E-state index contributed by atoms with van der Waals surface area (Å²) < 4.78 is 16.8. The molecule has 0 amide bonds. The normalized spacial score (nSPS) is 10.2. The Morgan fingerprint density at radius 1 is 1.17 bits per heavy atom. The van der Waals surface area contributed by atoms with E-state index in [4.69, 9.17) is 13.9 Å². The first-order valence-corrected chi connectivity index (χ1v) is 6.51. The van der Waals surface area contributed by atoms with Crippen LogP contribution in [0.3, 0.4) is 0 Å². The number of halogens is 1. The van der Waals surface area contributed by atoms with E-state index in [0.717, 1.165) is 26.7 Å². The molecule has 18 heavy (non-hydrogen) atoms. The lowest BCUT2D eigenvalue weighted by atomic mass is 10.2. The highest BCUT2D eigenvalue weighted by Crippen LogP contribution is 2.29. The minimum Gasteiger partial charge on any atom is -0.497 e. The summed E-state index contributed by atoms with van der Waals surface area (Å²) >= 11 is 2.14. The minimum absolute atomic E-state index is 0.617. The van der Waals surface area contributed by atoms with E-state index in [9.17, 15) is 0 Å². The summed E-state index contributed by atoms with van der Waals surface area (Å²) in [5.41, 5.74) is 0.907. The van der Waals surface area contributed by atoms with E-state index in [0.29, 0.717) is 6.54 Å². The predicted octanol–water partition coefficient (Wildman–Crippen LogP) is 3.51. The first-order chi connectivity index (χ1) is 8.72. The molecule has 0 fully saturated rings. The number of furan rings is 1. The second kappa shape index (κ2) is 5.99. The maximum absolute atomic E-state index is 5.48. The lowest BCUT2D eigenvalue weighted by Crippen LogP contribution is -2.00. The van der Waals surface area contributed by atoms with Gasteiger partial charge in [-0.3, -0.25) is 0 Å². The molecule has 0 saturated carbocycles. The molecule has 0 bridgehead atoms. The smallest absolute Gasteiger partial charge is 0.164 e. The minimum atomic E-state index is 0.617. The van der Waals surface area contributed by atoms with Crippen molar-refractivity contribution in [3.05, 3.63) is 39.9 Å². The van der Waals surface area contributed by atoms with Gasteiger partial charge in [-0.15, -0.1) is 0 Å². The lowest BCUT2D eigenvalue weighted by molar-refractivity contribution is 0.395. The van der Waals surface area contributed by atoms with Crippen LogP contribution in [0, 0.1) is 3.77 Å². The average molecular weight is 359 g/mol. The van der Waals surface area contributed by atoms with Crippen LogP contribution >= 0.6 is 22.6 Å². The summed E-state index contributed by atoms with van der Waals surface area (Å²) in [5.74, 6) is 2.40. The SMILES string of the molecule is COc1ccc(NCc2ccc(I)o2)c(OC)c1. The van der Waals surface area contributed by atoms with Gasteiger partial charge in [-0.05, 0) is 46.9 Å². The molecule has 0 aliphatic rings. The fourth-order valence-electron chi connectivity index (χ4n) is 1.57. The molecule has 96 valence electrons. The zero-order valence-electron chi connectivity index (χ0n) is 10.2. The standard InChI is InChI=1S/C13H14INO3/c1-16-9-3-5-11(12(7-9)17-2)15-8-10-4-6-13(14)18-10/h3-7,15H,8H2,1-2H3. The lowest BCUT2D eigenvalue weighted by Gasteiger charge is -2.11. The highest BCUT2D eigenvalue weighted by Gasteiger charge is 2.06. The number of hydrogen-bond acceptors (Lipinski definition) is 4. The van der Waals surface area contributed by atoms with Gasteiger partial charge in [-0.2, -0.15) is 0 Å². The summed E-state index contributed by atoms with van der Waals surface area (Å²) in [7, 11) is 3.27. The fraction of sp³-hybridized carbons (Fsp3) is 0.231. The highest BCUT2D eigenvalue weighted by molar-refractivity contribution is 14.1. The zero-order valence-corrected chi connectivity index (χ0v) is 12.4. The van der Waals surface area contributed by atoms with E-state index in [1.807, 2.05) is 30.3 Å². The van der Waals surface area contributed by atoms with Gasteiger partial charge < -0.3 is 19.2 Å². The third kappa shape index (κ3) is 3.10. The van der Waals surface area contributed by atoms with Gasteiger partial charge in [-0.1, -0.05) is 0 Å². The topological polar surface area (TPSA) is 43.6 Å². The third-order valence-corrected chi connectivity index (χ3v) is 3.07. The molecule has 1 aromatic heterocycles. The maximum atomic E-state index is 5.48. The van der Waals surface area contributed by atoms with Gasteiger partial charge in [0.25, 0.3) is 0 Å². The van der Waals surface area contributed by atoms with Crippen molar-refractivity contribution in [3.8, 4) is 11.5 Å². The molecule has 0 saturated heterocycles. The van der Waals surface area contributed by atoms with Crippen molar-refractivity contribution < 1.29 is 13.9 Å². The van der Waals surface area contributed by atoms with E-state index in [-0.39, 0.29) is 0 Å². The Balaban J connectivity index is 2.08. The molecule has 0 unspecified atom stereocenters. The largest absolute Gasteiger partial charge is 0.497 e. The van der Waals surface area contributed by atoms with Crippen molar-refractivity contribution in [1.29, 1.82) is 0 Å². The van der Waals surface area contributed by atoms with Crippen LogP contribution < -0.4 is 14.8 Å². The fourth-order valence-corrected chi connectivity index (χ4v) is 2.04. The Morgan fingerprint density at radius 2 is 2.00 bits per heavy atom. The van der Waals surface area contributed by atoms with Crippen molar-refractivity contribution in [2.45, 2.75) is 6.54 Å². The number of ether oxygens (including phenoxy) is 2. The zero-order chi connectivity index (χ0) is 13.0. The van der Waals surface area contributed by atoms with Crippen molar-refractivity contribution in [2.24, 2.45) is 0 Å². The van der Waals surface area contributed by atoms with Crippen LogP contribution in [0.15, 0.2) is 34.7 Å². The van der Waals surface area contributed by atoms with Gasteiger partial charge in [0.15, 0.2) is 3.77 Å². The van der Waals surface area contributed by atoms with Gasteiger partial charge >= 0.3 is 0 Å². The Bertz CT molecular complexity index is 525. The molecule has 1 heterocycles. The van der Waals surface area contributed by atoms with E-state index in [2.05, 4.69) is 27.9 Å². The summed E-state index contributed by atoms with van der Waals surface area (Å²) in [6.45, 7) is 0.617. The summed E-state index contributed by atoms with van der Waals surface area (Å²) in [5, 5.41) is 3.27. The van der Waals surface area contributed by atoms with E-state index >= 15 is 0 Å². The Kier molecular flexibility index (Phi) is 4.35. The molecule has 0 aliphatic heterocycles. The molecule has 0 atom stereocenters. The van der Waals surface area contributed by atoms with Crippen LogP contribution in [0.4, 0.5) is 5.69 Å². The first-order valence-electron chi connectivity index (χ1n) is 5.43. The predicted molar refractivity (Wildman–Crippen MR) is 78.3 cm³/mol. The van der Waals surface area contributed by atoms with Crippen LogP contribution in [0.1, 0.15) is 5.76 Å². The Morgan fingerprint density at radius 3 is 2.61 bits per heavy atom. The van der Waals surface area contributed by atoms with Crippen molar-refractivity contribution in [1.82, 2.24) is 0 Å². The summed E-state index contributed by atoms with van der Waals surface area (Å²) in [6.07, 6.45) is 0. The molecule has 2 aromatic rings. The van der Waals surface area contributed by atoms with E-state index in [1.54, 1.807) is 14.2 Å². The third-order valence-electron chi connectivity index (χ3n) is 2.49. The van der Waals surface area contributed by atoms with Crippen LogP contribution in [0.2, 0.25) is 0 Å². The quantitative estimate of drug-likeness (QED) is 0.830. The summed E-state index contributed by atoms with van der Waals surface area (Å²) in [4.78, 5) is 0. The van der Waals surface area contributed by atoms with Crippen molar-refractivity contribution >= 4 is 28.3 Å². The van der Waals surface area contributed by atoms with Crippen molar-refractivity contribution in [3.63, 3.8) is 0 Å². The maximum Gasteiger partial charge on any atom is 0.164 e. The van der Waals surface area contributed by atoms with Gasteiger partial charge in [0.05, 0.1) is 26.5 Å². The molecule has 5 heteroatoms. The summed E-state index contributed by atoms with van der Waals surface area (Å²) in [6, 6.07) is 9.53. The number of methoxy groups -OCH3 is 2. The first kappa shape index (κ1) is 13.1. The molecular weight excluding hydrogens is 345 g/mol. The van der Waals surface area contributed by atoms with E-state index < -0.39 is 0 Å². The average Bonchev–Trinajstić information content (AvgIpc) is 2.82.